The van der Waals surface area contributed by atoms with E-state index < -0.39 is 0 Å². The third-order valence-corrected chi connectivity index (χ3v) is 2.71. The third-order valence-electron chi connectivity index (χ3n) is 2.71. The van der Waals surface area contributed by atoms with Gasteiger partial charge in [-0.1, -0.05) is 18.2 Å². The fraction of sp³-hybridized carbons (Fsp3) is 0.133. The highest BCUT2D eigenvalue weighted by atomic mass is 16.3. The summed E-state index contributed by atoms with van der Waals surface area (Å²) in [7, 11) is 0. The summed E-state index contributed by atoms with van der Waals surface area (Å²) in [6, 6.07) is 12.3. The number of rotatable bonds is 3. The predicted molar refractivity (Wildman–Crippen MR) is 72.8 cm³/mol. The van der Waals surface area contributed by atoms with Crippen molar-refractivity contribution in [1.29, 1.82) is 0 Å². The van der Waals surface area contributed by atoms with E-state index in [4.69, 9.17) is 0 Å². The van der Waals surface area contributed by atoms with Crippen molar-refractivity contribution in [3.63, 3.8) is 0 Å². The van der Waals surface area contributed by atoms with Crippen molar-refractivity contribution in [2.24, 2.45) is 4.99 Å². The lowest BCUT2D eigenvalue weighted by molar-refractivity contribution is 0.470. The molecule has 0 bridgehead atoms. The molecule has 92 valence electrons. The first-order valence-electron chi connectivity index (χ1n) is 5.76. The molecule has 0 saturated heterocycles. The minimum Gasteiger partial charge on any atom is -0.508 e. The Bertz CT molecular complexity index is 576. The monoisotopic (exact) mass is 241 g/mol. The van der Waals surface area contributed by atoms with Gasteiger partial charge in [0.25, 0.3) is 0 Å². The van der Waals surface area contributed by atoms with E-state index in [1.54, 1.807) is 36.5 Å². The molecule has 0 heterocycles. The van der Waals surface area contributed by atoms with Crippen LogP contribution >= 0.6 is 0 Å². The smallest absolute Gasteiger partial charge is 0.119 e. The summed E-state index contributed by atoms with van der Waals surface area (Å²) >= 11 is 0. The summed E-state index contributed by atoms with van der Waals surface area (Å²) in [4.78, 5) is 4.34. The minimum atomic E-state index is 0.243. The molecular weight excluding hydrogens is 226 g/mol. The Morgan fingerprint density at radius 3 is 2.61 bits per heavy atom. The summed E-state index contributed by atoms with van der Waals surface area (Å²) < 4.78 is 0. The number of aromatic hydroxyl groups is 2. The number of phenolic OH excluding ortho intramolecular Hbond substituents is 2. The van der Waals surface area contributed by atoms with Gasteiger partial charge in [-0.25, -0.2) is 0 Å². The molecule has 3 heteroatoms. The largest absolute Gasteiger partial charge is 0.508 e. The van der Waals surface area contributed by atoms with E-state index in [1.165, 1.54) is 0 Å². The number of nitrogens with zero attached hydrogens (tertiary/aromatic N) is 1. The third kappa shape index (κ3) is 2.88. The molecule has 0 aliphatic rings. The van der Waals surface area contributed by atoms with Crippen LogP contribution in [-0.4, -0.2) is 16.4 Å². The van der Waals surface area contributed by atoms with Crippen molar-refractivity contribution in [3.05, 3.63) is 53.6 Å². The molecule has 18 heavy (non-hydrogen) atoms. The van der Waals surface area contributed by atoms with Crippen LogP contribution < -0.4 is 0 Å². The van der Waals surface area contributed by atoms with Gasteiger partial charge in [0.1, 0.15) is 11.5 Å². The quantitative estimate of drug-likeness (QED) is 0.810. The lowest BCUT2D eigenvalue weighted by atomic mass is 10.1. The van der Waals surface area contributed by atoms with Gasteiger partial charge in [0.2, 0.25) is 0 Å². The van der Waals surface area contributed by atoms with Crippen LogP contribution in [0.1, 0.15) is 11.1 Å². The highest BCUT2D eigenvalue weighted by Gasteiger charge is 1.98. The molecule has 0 aliphatic heterocycles. The Morgan fingerprint density at radius 1 is 1.11 bits per heavy atom. The SMILES string of the molecule is Cc1cc(O)ccc1N=CCc1ccccc1O. The Morgan fingerprint density at radius 2 is 1.89 bits per heavy atom. The van der Waals surface area contributed by atoms with Crippen molar-refractivity contribution in [1.82, 2.24) is 0 Å². The molecule has 0 saturated carbocycles. The number of para-hydroxylation sites is 1. The number of aryl methyl sites for hydroxylation is 1. The van der Waals surface area contributed by atoms with E-state index >= 15 is 0 Å². The standard InChI is InChI=1S/C15H15NO2/c1-11-10-13(17)6-7-14(11)16-9-8-12-4-2-3-5-15(12)18/h2-7,9-10,17-18H,8H2,1H3. The molecule has 2 N–H and O–H groups in total. The van der Waals surface area contributed by atoms with Crippen LogP contribution in [0.15, 0.2) is 47.5 Å². The van der Waals surface area contributed by atoms with Crippen molar-refractivity contribution in [2.75, 3.05) is 0 Å². The van der Waals surface area contributed by atoms with Crippen LogP contribution in [0, 0.1) is 6.92 Å². The van der Waals surface area contributed by atoms with E-state index in [2.05, 4.69) is 4.99 Å². The first kappa shape index (κ1) is 12.2. The number of hydrogen-bond donors (Lipinski definition) is 2. The van der Waals surface area contributed by atoms with Gasteiger partial charge in [-0.2, -0.15) is 0 Å². The Hall–Kier alpha value is -2.29. The molecule has 0 fully saturated rings. The van der Waals surface area contributed by atoms with Crippen molar-refractivity contribution >= 4 is 11.9 Å². The van der Waals surface area contributed by atoms with Crippen molar-refractivity contribution in [3.8, 4) is 11.5 Å². The summed E-state index contributed by atoms with van der Waals surface area (Å²) in [5.41, 5.74) is 2.59. The zero-order valence-corrected chi connectivity index (χ0v) is 10.2. The molecule has 0 amide bonds. The molecule has 2 rings (SSSR count). The number of phenols is 2. The van der Waals surface area contributed by atoms with Gasteiger partial charge in [0, 0.05) is 12.6 Å². The molecule has 0 atom stereocenters. The van der Waals surface area contributed by atoms with Gasteiger partial charge in [-0.05, 0) is 42.3 Å². The maximum Gasteiger partial charge on any atom is 0.119 e. The lowest BCUT2D eigenvalue weighted by Crippen LogP contribution is -1.86. The molecular formula is C15H15NO2. The highest BCUT2D eigenvalue weighted by molar-refractivity contribution is 5.68. The molecule has 2 aromatic rings. The highest BCUT2D eigenvalue weighted by Crippen LogP contribution is 2.23. The normalized spacial score (nSPS) is 10.9. The van der Waals surface area contributed by atoms with E-state index in [0.717, 1.165) is 16.8 Å². The van der Waals surface area contributed by atoms with Crippen LogP contribution in [0.2, 0.25) is 0 Å². The van der Waals surface area contributed by atoms with Crippen LogP contribution in [0.25, 0.3) is 0 Å². The lowest BCUT2D eigenvalue weighted by Gasteiger charge is -2.01. The second-order valence-corrected chi connectivity index (χ2v) is 4.12. The van der Waals surface area contributed by atoms with Gasteiger partial charge in [-0.15, -0.1) is 0 Å². The maximum atomic E-state index is 9.60. The summed E-state index contributed by atoms with van der Waals surface area (Å²) in [6.45, 7) is 1.90. The van der Waals surface area contributed by atoms with Gasteiger partial charge in [0.05, 0.1) is 5.69 Å². The molecule has 0 spiro atoms. The average molecular weight is 241 g/mol. The van der Waals surface area contributed by atoms with E-state index in [-0.39, 0.29) is 11.5 Å². The first-order valence-corrected chi connectivity index (χ1v) is 5.76. The van der Waals surface area contributed by atoms with Crippen LogP contribution in [0.3, 0.4) is 0 Å². The van der Waals surface area contributed by atoms with E-state index in [9.17, 15) is 10.2 Å². The fourth-order valence-electron chi connectivity index (χ4n) is 1.71. The molecule has 0 aliphatic carbocycles. The number of aliphatic imine (C=N–C) groups is 1. The average Bonchev–Trinajstić information content (AvgIpc) is 2.34. The fourth-order valence-corrected chi connectivity index (χ4v) is 1.71. The van der Waals surface area contributed by atoms with Crippen LogP contribution in [0.4, 0.5) is 5.69 Å². The minimum absolute atomic E-state index is 0.243. The summed E-state index contributed by atoms with van der Waals surface area (Å²) in [5, 5.41) is 18.9. The van der Waals surface area contributed by atoms with Crippen molar-refractivity contribution in [2.45, 2.75) is 13.3 Å². The number of hydrogen-bond acceptors (Lipinski definition) is 3. The van der Waals surface area contributed by atoms with E-state index in [0.29, 0.717) is 6.42 Å². The van der Waals surface area contributed by atoms with Crippen LogP contribution in [0.5, 0.6) is 11.5 Å². The second-order valence-electron chi connectivity index (χ2n) is 4.12. The Kier molecular flexibility index (Phi) is 3.63. The summed E-state index contributed by atoms with van der Waals surface area (Å²) in [6.07, 6.45) is 2.33. The zero-order valence-electron chi connectivity index (χ0n) is 10.2. The molecule has 0 aromatic heterocycles. The predicted octanol–water partition coefficient (Wildman–Crippen LogP) is 3.35. The van der Waals surface area contributed by atoms with Crippen molar-refractivity contribution < 1.29 is 10.2 Å². The second kappa shape index (κ2) is 5.36. The zero-order chi connectivity index (χ0) is 13.0. The molecule has 0 radical (unpaired) electrons. The van der Waals surface area contributed by atoms with Gasteiger partial charge >= 0.3 is 0 Å². The topological polar surface area (TPSA) is 52.8 Å². The molecule has 0 unspecified atom stereocenters. The van der Waals surface area contributed by atoms with Gasteiger partial charge in [0.15, 0.2) is 0 Å². The van der Waals surface area contributed by atoms with E-state index in [1.807, 2.05) is 19.1 Å². The first-order chi connectivity index (χ1) is 8.66. The van der Waals surface area contributed by atoms with Gasteiger partial charge in [-0.3, -0.25) is 4.99 Å². The van der Waals surface area contributed by atoms with Gasteiger partial charge < -0.3 is 10.2 Å². The number of benzene rings is 2. The molecule has 2 aromatic carbocycles. The van der Waals surface area contributed by atoms with Crippen LogP contribution in [-0.2, 0) is 6.42 Å². The Labute approximate surface area is 106 Å². The summed E-state index contributed by atoms with van der Waals surface area (Å²) in [5.74, 6) is 0.526. The molecule has 3 nitrogen and oxygen atoms in total. The maximum absolute atomic E-state index is 9.60. The Balaban J connectivity index is 2.10.